The van der Waals surface area contributed by atoms with Crippen molar-refractivity contribution in [3.05, 3.63) is 41.5 Å². The molecule has 0 saturated carbocycles. The maximum Gasteiger partial charge on any atom is 0.121 e. The van der Waals surface area contributed by atoms with E-state index >= 15 is 0 Å². The van der Waals surface area contributed by atoms with Crippen LogP contribution in [-0.4, -0.2) is 11.7 Å². The minimum Gasteiger partial charge on any atom is -0.508 e. The Hall–Kier alpha value is -1.28. The zero-order chi connectivity index (χ0) is 13.6. The first kappa shape index (κ1) is 12.7. The van der Waals surface area contributed by atoms with E-state index in [0.717, 1.165) is 12.2 Å². The van der Waals surface area contributed by atoms with Crippen LogP contribution in [0, 0.1) is 23.7 Å². The minimum atomic E-state index is -0.00352. The summed E-state index contributed by atoms with van der Waals surface area (Å²) in [5.41, 5.74) is 2.34. The first-order valence-corrected chi connectivity index (χ1v) is 7.17. The van der Waals surface area contributed by atoms with E-state index in [2.05, 4.69) is 26.8 Å². The van der Waals surface area contributed by atoms with Crippen LogP contribution in [0.4, 0.5) is 0 Å². The molecule has 1 aromatic carbocycles. The van der Waals surface area contributed by atoms with Crippen molar-refractivity contribution >= 4 is 0 Å². The molecule has 102 valence electrons. The summed E-state index contributed by atoms with van der Waals surface area (Å²) in [6, 6.07) is 7.57. The second kappa shape index (κ2) is 4.68. The van der Waals surface area contributed by atoms with Crippen LogP contribution >= 0.6 is 0 Å². The molecule has 1 N–H and O–H groups in total. The molecule has 0 amide bonds. The van der Waals surface area contributed by atoms with Crippen LogP contribution in [0.2, 0.25) is 0 Å². The van der Waals surface area contributed by atoms with Crippen molar-refractivity contribution in [3.8, 4) is 5.75 Å². The normalized spacial score (nSPS) is 37.8. The predicted molar refractivity (Wildman–Crippen MR) is 75.9 cm³/mol. The van der Waals surface area contributed by atoms with Crippen molar-refractivity contribution in [2.75, 3.05) is 6.61 Å². The number of benzene rings is 1. The van der Waals surface area contributed by atoms with Crippen LogP contribution < -0.4 is 0 Å². The summed E-state index contributed by atoms with van der Waals surface area (Å²) >= 11 is 0. The van der Waals surface area contributed by atoms with E-state index < -0.39 is 0 Å². The minimum absolute atomic E-state index is 0.00352. The average molecular weight is 258 g/mol. The van der Waals surface area contributed by atoms with Crippen molar-refractivity contribution in [2.45, 2.75) is 26.9 Å². The van der Waals surface area contributed by atoms with Crippen LogP contribution in [0.25, 0.3) is 0 Å². The molecule has 1 aliphatic heterocycles. The lowest BCUT2D eigenvalue weighted by molar-refractivity contribution is -0.0941. The number of hydrogen-bond donors (Lipinski definition) is 1. The van der Waals surface area contributed by atoms with Crippen LogP contribution in [0.5, 0.6) is 5.75 Å². The standard InChI is InChI=1S/C17H22O2/c1-10-8-11(2)16-12(3)14(10)9-19-17(16)13-6-4-5-7-15(13)18/h4-8,10,12,14,16-18H,9H2,1-3H3/t10-,12-,14+,16-,17+/m0/s1. The number of phenolic OH excluding ortho intramolecular Hbond substituents is 1. The molecule has 2 nitrogen and oxygen atoms in total. The lowest BCUT2D eigenvalue weighted by Gasteiger charge is -2.47. The van der Waals surface area contributed by atoms with Gasteiger partial charge >= 0.3 is 0 Å². The molecule has 5 atom stereocenters. The van der Waals surface area contributed by atoms with Gasteiger partial charge in [-0.3, -0.25) is 0 Å². The van der Waals surface area contributed by atoms with Crippen LogP contribution in [0.1, 0.15) is 32.4 Å². The number of hydrogen-bond acceptors (Lipinski definition) is 2. The van der Waals surface area contributed by atoms with E-state index in [1.54, 1.807) is 6.07 Å². The van der Waals surface area contributed by atoms with Crippen LogP contribution in [0.3, 0.4) is 0 Å². The summed E-state index contributed by atoms with van der Waals surface area (Å²) in [5, 5.41) is 10.1. The Kier molecular flexibility index (Phi) is 3.14. The Morgan fingerprint density at radius 1 is 1.21 bits per heavy atom. The third-order valence-corrected chi connectivity index (χ3v) is 5.01. The Labute approximate surface area is 115 Å². The zero-order valence-corrected chi connectivity index (χ0v) is 11.8. The molecule has 0 aromatic heterocycles. The second-order valence-electron chi connectivity index (χ2n) is 6.13. The van der Waals surface area contributed by atoms with Gasteiger partial charge in [-0.15, -0.1) is 0 Å². The van der Waals surface area contributed by atoms with Gasteiger partial charge in [-0.25, -0.2) is 0 Å². The van der Waals surface area contributed by atoms with Gasteiger partial charge in [0.2, 0.25) is 0 Å². The lowest BCUT2D eigenvalue weighted by atomic mass is 9.64. The van der Waals surface area contributed by atoms with Crippen molar-refractivity contribution in [1.29, 1.82) is 0 Å². The summed E-state index contributed by atoms with van der Waals surface area (Å²) in [5.74, 6) is 2.55. The number of para-hydroxylation sites is 1. The highest BCUT2D eigenvalue weighted by atomic mass is 16.5. The number of aromatic hydroxyl groups is 1. The SMILES string of the molecule is CC1=C[C@H](C)[C@H]2CO[C@H](c3ccccc3O)[C@@H]1[C@H]2C. The van der Waals surface area contributed by atoms with Gasteiger partial charge in [0.05, 0.1) is 12.7 Å². The largest absolute Gasteiger partial charge is 0.508 e. The Morgan fingerprint density at radius 3 is 2.68 bits per heavy atom. The maximum absolute atomic E-state index is 10.1. The summed E-state index contributed by atoms with van der Waals surface area (Å²) in [7, 11) is 0. The maximum atomic E-state index is 10.1. The molecule has 1 fully saturated rings. The number of fused-ring (bicyclic) bond motifs is 2. The average Bonchev–Trinajstić information content (AvgIpc) is 2.36. The van der Waals surface area contributed by atoms with Crippen molar-refractivity contribution in [2.24, 2.45) is 23.7 Å². The third-order valence-electron chi connectivity index (χ3n) is 5.01. The fourth-order valence-corrected chi connectivity index (χ4v) is 3.96. The lowest BCUT2D eigenvalue weighted by Crippen LogP contribution is -2.42. The molecule has 19 heavy (non-hydrogen) atoms. The van der Waals surface area contributed by atoms with E-state index in [4.69, 9.17) is 4.74 Å². The molecule has 1 aromatic rings. The molecule has 0 unspecified atom stereocenters. The Balaban J connectivity index is 2.01. The molecule has 1 saturated heterocycles. The summed E-state index contributed by atoms with van der Waals surface area (Å²) in [6.07, 6.45) is 2.39. The topological polar surface area (TPSA) is 29.5 Å². The predicted octanol–water partition coefficient (Wildman–Crippen LogP) is 3.93. The zero-order valence-electron chi connectivity index (χ0n) is 11.8. The van der Waals surface area contributed by atoms with E-state index in [1.807, 2.05) is 18.2 Å². The van der Waals surface area contributed by atoms with E-state index in [-0.39, 0.29) is 6.10 Å². The highest BCUT2D eigenvalue weighted by molar-refractivity contribution is 5.36. The fourth-order valence-electron chi connectivity index (χ4n) is 3.96. The van der Waals surface area contributed by atoms with Gasteiger partial charge in [0.15, 0.2) is 0 Å². The van der Waals surface area contributed by atoms with Crippen LogP contribution in [-0.2, 0) is 4.74 Å². The molecule has 0 radical (unpaired) electrons. The monoisotopic (exact) mass is 258 g/mol. The Bertz CT molecular complexity index is 506. The first-order valence-electron chi connectivity index (χ1n) is 7.17. The van der Waals surface area contributed by atoms with Gasteiger partial charge < -0.3 is 9.84 Å². The molecule has 0 spiro atoms. The van der Waals surface area contributed by atoms with Gasteiger partial charge in [-0.05, 0) is 30.7 Å². The molecule has 3 rings (SSSR count). The molecular weight excluding hydrogens is 236 g/mol. The highest BCUT2D eigenvalue weighted by Gasteiger charge is 2.44. The number of allylic oxidation sites excluding steroid dienone is 1. The molecular formula is C17H22O2. The molecule has 2 bridgehead atoms. The first-order chi connectivity index (χ1) is 9.09. The molecule has 1 aliphatic carbocycles. The van der Waals surface area contributed by atoms with Crippen molar-refractivity contribution < 1.29 is 9.84 Å². The van der Waals surface area contributed by atoms with Gasteiger partial charge in [0, 0.05) is 11.5 Å². The fraction of sp³-hybridized carbons (Fsp3) is 0.529. The Morgan fingerprint density at radius 2 is 1.95 bits per heavy atom. The quantitative estimate of drug-likeness (QED) is 0.773. The molecule has 1 heterocycles. The molecule has 2 aliphatic rings. The second-order valence-corrected chi connectivity index (χ2v) is 6.13. The van der Waals surface area contributed by atoms with Crippen molar-refractivity contribution in [1.82, 2.24) is 0 Å². The van der Waals surface area contributed by atoms with Gasteiger partial charge in [-0.1, -0.05) is 43.7 Å². The third kappa shape index (κ3) is 1.99. The van der Waals surface area contributed by atoms with Gasteiger partial charge in [0.25, 0.3) is 0 Å². The highest BCUT2D eigenvalue weighted by Crippen LogP contribution is 2.50. The van der Waals surface area contributed by atoms with E-state index in [9.17, 15) is 5.11 Å². The number of phenols is 1. The van der Waals surface area contributed by atoms with Crippen LogP contribution in [0.15, 0.2) is 35.9 Å². The van der Waals surface area contributed by atoms with Gasteiger partial charge in [0.1, 0.15) is 5.75 Å². The van der Waals surface area contributed by atoms with Gasteiger partial charge in [-0.2, -0.15) is 0 Å². The van der Waals surface area contributed by atoms with E-state index in [0.29, 0.717) is 29.4 Å². The smallest absolute Gasteiger partial charge is 0.121 e. The number of ether oxygens (including phenoxy) is 1. The van der Waals surface area contributed by atoms with E-state index in [1.165, 1.54) is 5.57 Å². The summed E-state index contributed by atoms with van der Waals surface area (Å²) in [6.45, 7) is 7.61. The number of rotatable bonds is 1. The summed E-state index contributed by atoms with van der Waals surface area (Å²) < 4.78 is 6.12. The molecule has 2 heteroatoms. The summed E-state index contributed by atoms with van der Waals surface area (Å²) in [4.78, 5) is 0. The van der Waals surface area contributed by atoms with Crippen molar-refractivity contribution in [3.63, 3.8) is 0 Å².